The topological polar surface area (TPSA) is 79.7 Å². The summed E-state index contributed by atoms with van der Waals surface area (Å²) in [6.45, 7) is 1.95. The summed E-state index contributed by atoms with van der Waals surface area (Å²) in [6, 6.07) is 9.76. The maximum atomic E-state index is 13.5. The highest BCUT2D eigenvalue weighted by Crippen LogP contribution is 2.43. The highest BCUT2D eigenvalue weighted by Gasteiger charge is 2.48. The second kappa shape index (κ2) is 7.31. The molecule has 6 nitrogen and oxygen atoms in total. The predicted molar refractivity (Wildman–Crippen MR) is 114 cm³/mol. The largest absolute Gasteiger partial charge is 0.507 e. The molecule has 2 aliphatic rings. The van der Waals surface area contributed by atoms with E-state index in [1.807, 2.05) is 6.92 Å². The van der Waals surface area contributed by atoms with Crippen LogP contribution in [0.25, 0.3) is 5.76 Å². The third kappa shape index (κ3) is 3.19. The molecule has 0 unspecified atom stereocenters. The summed E-state index contributed by atoms with van der Waals surface area (Å²) >= 11 is 1.20. The van der Waals surface area contributed by atoms with Gasteiger partial charge < -0.3 is 9.84 Å². The first-order valence-electron chi connectivity index (χ1n) is 9.70. The Balaban J connectivity index is 1.68. The Morgan fingerprint density at radius 1 is 1.23 bits per heavy atom. The van der Waals surface area contributed by atoms with Crippen molar-refractivity contribution in [3.05, 3.63) is 82.1 Å². The number of aliphatic hydroxyl groups is 1. The van der Waals surface area contributed by atoms with Crippen LogP contribution in [0.4, 0.5) is 9.52 Å². The number of rotatable bonds is 3. The molecule has 0 saturated carbocycles. The van der Waals surface area contributed by atoms with E-state index in [1.54, 1.807) is 23.6 Å². The average molecular weight is 436 g/mol. The number of fused-ring (bicyclic) bond motifs is 1. The minimum atomic E-state index is -0.921. The van der Waals surface area contributed by atoms with Crippen molar-refractivity contribution in [2.75, 3.05) is 4.90 Å². The molecule has 2 aromatic carbocycles. The smallest absolute Gasteiger partial charge is 0.301 e. The zero-order valence-electron chi connectivity index (χ0n) is 16.4. The number of benzene rings is 2. The maximum Gasteiger partial charge on any atom is 0.301 e. The predicted octanol–water partition coefficient (Wildman–Crippen LogP) is 4.23. The van der Waals surface area contributed by atoms with Crippen LogP contribution in [0.3, 0.4) is 0 Å². The zero-order chi connectivity index (χ0) is 21.7. The molecule has 2 atom stereocenters. The summed E-state index contributed by atoms with van der Waals surface area (Å²) in [5, 5.41) is 13.2. The highest BCUT2D eigenvalue weighted by molar-refractivity contribution is 7.14. The van der Waals surface area contributed by atoms with Crippen LogP contribution in [0.5, 0.6) is 5.75 Å². The van der Waals surface area contributed by atoms with Crippen LogP contribution in [-0.4, -0.2) is 27.9 Å². The van der Waals surface area contributed by atoms with E-state index in [1.165, 1.54) is 46.7 Å². The molecule has 3 aromatic rings. The first-order chi connectivity index (χ1) is 14.9. The van der Waals surface area contributed by atoms with E-state index in [-0.39, 0.29) is 17.4 Å². The molecule has 1 saturated heterocycles. The monoisotopic (exact) mass is 436 g/mol. The molecular formula is C23H17FN2O4S. The molecule has 5 rings (SSSR count). The Kier molecular flexibility index (Phi) is 4.59. The van der Waals surface area contributed by atoms with Crippen LogP contribution < -0.4 is 9.64 Å². The van der Waals surface area contributed by atoms with E-state index in [4.69, 9.17) is 4.74 Å². The van der Waals surface area contributed by atoms with Gasteiger partial charge in [-0.15, -0.1) is 11.3 Å². The fourth-order valence-corrected chi connectivity index (χ4v) is 4.72. The Labute approximate surface area is 181 Å². The van der Waals surface area contributed by atoms with Crippen LogP contribution in [0.2, 0.25) is 0 Å². The number of halogens is 1. The van der Waals surface area contributed by atoms with Crippen molar-refractivity contribution in [3.8, 4) is 5.75 Å². The second-order valence-corrected chi connectivity index (χ2v) is 8.36. The number of ketones is 1. The zero-order valence-corrected chi connectivity index (χ0v) is 17.2. The number of aromatic nitrogens is 1. The maximum absolute atomic E-state index is 13.5. The van der Waals surface area contributed by atoms with Gasteiger partial charge in [0.05, 0.1) is 11.6 Å². The first-order valence-corrected chi connectivity index (χ1v) is 10.6. The second-order valence-electron chi connectivity index (χ2n) is 7.49. The average Bonchev–Trinajstić information content (AvgIpc) is 3.46. The molecule has 1 amide bonds. The van der Waals surface area contributed by atoms with Crippen LogP contribution in [0.15, 0.2) is 59.6 Å². The van der Waals surface area contributed by atoms with Gasteiger partial charge in [0.25, 0.3) is 5.78 Å². The number of aliphatic hydroxyl groups excluding tert-OH is 1. The number of carbonyl (C=O) groups excluding carboxylic acids is 2. The number of hydrogen-bond donors (Lipinski definition) is 1. The lowest BCUT2D eigenvalue weighted by atomic mass is 9.94. The van der Waals surface area contributed by atoms with Crippen molar-refractivity contribution < 1.29 is 23.8 Å². The molecule has 1 fully saturated rings. The number of nitrogens with zero attached hydrogens (tertiary/aromatic N) is 2. The van der Waals surface area contributed by atoms with Crippen molar-refractivity contribution >= 4 is 33.9 Å². The van der Waals surface area contributed by atoms with E-state index >= 15 is 0 Å². The van der Waals surface area contributed by atoms with Crippen LogP contribution in [0.1, 0.15) is 29.7 Å². The molecule has 3 heterocycles. The molecule has 0 bridgehead atoms. The fourth-order valence-electron chi connectivity index (χ4n) is 4.05. The highest BCUT2D eigenvalue weighted by atomic mass is 32.1. The quantitative estimate of drug-likeness (QED) is 0.378. The molecule has 1 aromatic heterocycles. The van der Waals surface area contributed by atoms with E-state index in [2.05, 4.69) is 4.98 Å². The molecule has 31 heavy (non-hydrogen) atoms. The van der Waals surface area contributed by atoms with Gasteiger partial charge in [-0.2, -0.15) is 0 Å². The molecule has 156 valence electrons. The van der Waals surface area contributed by atoms with Gasteiger partial charge >= 0.3 is 5.91 Å². The summed E-state index contributed by atoms with van der Waals surface area (Å²) in [5.74, 6) is -1.59. The fraction of sp³-hybridized carbons (Fsp3) is 0.174. The molecule has 0 radical (unpaired) electrons. The van der Waals surface area contributed by atoms with Crippen molar-refractivity contribution in [1.82, 2.24) is 4.98 Å². The number of hydrogen-bond acceptors (Lipinski definition) is 6. The Bertz CT molecular complexity index is 1220. The molecular weight excluding hydrogens is 419 g/mol. The van der Waals surface area contributed by atoms with Gasteiger partial charge in [-0.05, 0) is 48.4 Å². The van der Waals surface area contributed by atoms with E-state index in [0.717, 1.165) is 11.3 Å². The number of ether oxygens (including phenoxy) is 1. The van der Waals surface area contributed by atoms with Crippen molar-refractivity contribution in [2.45, 2.75) is 25.5 Å². The third-order valence-corrected chi connectivity index (χ3v) is 6.20. The van der Waals surface area contributed by atoms with Gasteiger partial charge in [0, 0.05) is 23.6 Å². The van der Waals surface area contributed by atoms with Crippen molar-refractivity contribution in [1.29, 1.82) is 0 Å². The van der Waals surface area contributed by atoms with Crippen molar-refractivity contribution in [2.24, 2.45) is 0 Å². The van der Waals surface area contributed by atoms with Gasteiger partial charge in [0.2, 0.25) is 0 Å². The van der Waals surface area contributed by atoms with Crippen LogP contribution in [0, 0.1) is 5.82 Å². The molecule has 1 N–H and O–H groups in total. The van der Waals surface area contributed by atoms with Gasteiger partial charge in [0.1, 0.15) is 23.4 Å². The Morgan fingerprint density at radius 3 is 2.71 bits per heavy atom. The number of anilines is 1. The van der Waals surface area contributed by atoms with Gasteiger partial charge in [-0.25, -0.2) is 9.37 Å². The van der Waals surface area contributed by atoms with E-state index < -0.39 is 23.5 Å². The van der Waals surface area contributed by atoms with Crippen LogP contribution in [-0.2, 0) is 16.0 Å². The molecule has 2 aliphatic heterocycles. The first kappa shape index (κ1) is 19.4. The van der Waals surface area contributed by atoms with Crippen molar-refractivity contribution in [3.63, 3.8) is 0 Å². The van der Waals surface area contributed by atoms with Gasteiger partial charge in [-0.1, -0.05) is 12.1 Å². The lowest BCUT2D eigenvalue weighted by Gasteiger charge is -2.23. The van der Waals surface area contributed by atoms with Gasteiger partial charge in [-0.3, -0.25) is 14.5 Å². The summed E-state index contributed by atoms with van der Waals surface area (Å²) in [4.78, 5) is 31.4. The normalized spacial score (nSPS) is 21.9. The summed E-state index contributed by atoms with van der Waals surface area (Å²) in [5.41, 5.74) is 1.78. The lowest BCUT2D eigenvalue weighted by Crippen LogP contribution is -2.29. The lowest BCUT2D eigenvalue weighted by molar-refractivity contribution is -0.132. The Hall–Kier alpha value is -3.52. The van der Waals surface area contributed by atoms with Gasteiger partial charge in [0.15, 0.2) is 5.13 Å². The summed E-state index contributed by atoms with van der Waals surface area (Å²) < 4.78 is 19.2. The Morgan fingerprint density at radius 2 is 2.00 bits per heavy atom. The number of carbonyl (C=O) groups is 2. The SMILES string of the molecule is C[C@H]1Cc2cc(C(O)=C3C(=O)C(=O)N(c4nccs4)[C@@H]3c3ccc(F)cc3)ccc2O1. The standard InChI is InChI=1S/C23H17FN2O4S/c1-12-10-15-11-14(4-7-17(15)30-12)20(27)18-19(13-2-5-16(24)6-3-13)26(22(29)21(18)28)23-25-8-9-31-23/h2-9,11-12,19,27H,10H2,1H3/t12-,19+/m0/s1. The van der Waals surface area contributed by atoms with Crippen LogP contribution >= 0.6 is 11.3 Å². The number of amides is 1. The number of thiazole rings is 1. The minimum absolute atomic E-state index is 0.0297. The van der Waals surface area contributed by atoms with E-state index in [9.17, 15) is 19.1 Å². The summed E-state index contributed by atoms with van der Waals surface area (Å²) in [6.07, 6.45) is 2.25. The molecule has 0 aliphatic carbocycles. The minimum Gasteiger partial charge on any atom is -0.507 e. The number of Topliss-reactive ketones (excluding diaryl/α,β-unsaturated/α-hetero) is 1. The third-order valence-electron chi connectivity index (χ3n) is 5.42. The molecule has 0 spiro atoms. The summed E-state index contributed by atoms with van der Waals surface area (Å²) in [7, 11) is 0. The molecule has 8 heteroatoms. The van der Waals surface area contributed by atoms with E-state index in [0.29, 0.717) is 22.7 Å².